The van der Waals surface area contributed by atoms with Crippen molar-refractivity contribution < 1.29 is 14.3 Å². The first-order valence-corrected chi connectivity index (χ1v) is 9.87. The number of aromatic nitrogens is 1. The lowest BCUT2D eigenvalue weighted by Crippen LogP contribution is -2.20. The smallest absolute Gasteiger partial charge is 0.231 e. The maximum absolute atomic E-state index is 12.3. The lowest BCUT2D eigenvalue weighted by Gasteiger charge is -2.20. The molecule has 0 N–H and O–H groups in total. The number of hydrogen-bond acceptors (Lipinski definition) is 3. The molecule has 0 unspecified atom stereocenters. The number of rotatable bonds is 2. The Bertz CT molecular complexity index is 1110. The number of ether oxygens (including phenoxy) is 2. The molecule has 0 spiro atoms. The van der Waals surface area contributed by atoms with E-state index < -0.39 is 0 Å². The quantitative estimate of drug-likeness (QED) is 0.601. The highest BCUT2D eigenvalue weighted by Crippen LogP contribution is 2.55. The molecule has 2 aromatic carbocycles. The lowest BCUT2D eigenvalue weighted by atomic mass is 9.87. The highest BCUT2D eigenvalue weighted by molar-refractivity contribution is 5.93. The van der Waals surface area contributed by atoms with E-state index in [4.69, 9.17) is 9.47 Å². The van der Waals surface area contributed by atoms with Gasteiger partial charge in [0.1, 0.15) is 0 Å². The zero-order valence-corrected chi connectivity index (χ0v) is 16.8. The Morgan fingerprint density at radius 2 is 1.64 bits per heavy atom. The normalized spacial score (nSPS) is 17.1. The molecule has 28 heavy (non-hydrogen) atoms. The molecule has 0 saturated heterocycles. The fourth-order valence-electron chi connectivity index (χ4n) is 4.47. The van der Waals surface area contributed by atoms with Crippen molar-refractivity contribution in [3.63, 3.8) is 0 Å². The largest absolute Gasteiger partial charge is 0.454 e. The Morgan fingerprint density at radius 1 is 0.964 bits per heavy atom. The number of benzene rings is 2. The molecule has 0 atom stereocenters. The first-order valence-electron chi connectivity index (χ1n) is 9.87. The van der Waals surface area contributed by atoms with Gasteiger partial charge in [-0.05, 0) is 54.3 Å². The van der Waals surface area contributed by atoms with Crippen molar-refractivity contribution in [3.8, 4) is 11.5 Å². The number of carbonyl (C=O) groups is 1. The van der Waals surface area contributed by atoms with Gasteiger partial charge in [0.15, 0.2) is 11.5 Å². The van der Waals surface area contributed by atoms with Crippen LogP contribution in [0.5, 0.6) is 11.5 Å². The molecule has 2 aliphatic rings. The zero-order chi connectivity index (χ0) is 19.7. The van der Waals surface area contributed by atoms with Crippen LogP contribution in [0.4, 0.5) is 0 Å². The molecule has 4 heteroatoms. The maximum Gasteiger partial charge on any atom is 0.231 e. The standard InChI is InChI=1S/C24H25NO3/c1-15(26)25-19-7-5-17(11-16(19)12-22(25)23(2,3)4)24(9-10-24)18-6-8-20-21(13-18)28-14-27-20/h5-8,11-13H,9-10,14H2,1-4H3. The first kappa shape index (κ1) is 17.4. The summed E-state index contributed by atoms with van der Waals surface area (Å²) in [6.07, 6.45) is 2.25. The third kappa shape index (κ3) is 2.47. The van der Waals surface area contributed by atoms with Crippen LogP contribution < -0.4 is 9.47 Å². The van der Waals surface area contributed by atoms with Crippen molar-refractivity contribution in [1.82, 2.24) is 4.57 Å². The molecular weight excluding hydrogens is 350 g/mol. The van der Waals surface area contributed by atoms with E-state index in [0.29, 0.717) is 6.79 Å². The Morgan fingerprint density at radius 3 is 2.32 bits per heavy atom. The fourth-order valence-corrected chi connectivity index (χ4v) is 4.47. The van der Waals surface area contributed by atoms with Crippen molar-refractivity contribution in [2.45, 2.75) is 51.4 Å². The second-order valence-corrected chi connectivity index (χ2v) is 9.06. The fraction of sp³-hybridized carbons (Fsp3) is 0.375. The van der Waals surface area contributed by atoms with E-state index in [0.717, 1.165) is 40.9 Å². The summed E-state index contributed by atoms with van der Waals surface area (Å²) < 4.78 is 12.9. The maximum atomic E-state index is 12.3. The highest BCUT2D eigenvalue weighted by atomic mass is 16.7. The van der Waals surface area contributed by atoms with Crippen LogP contribution in [-0.4, -0.2) is 17.3 Å². The van der Waals surface area contributed by atoms with E-state index >= 15 is 0 Å². The zero-order valence-electron chi connectivity index (χ0n) is 16.8. The summed E-state index contributed by atoms with van der Waals surface area (Å²) in [6.45, 7) is 8.38. The van der Waals surface area contributed by atoms with Gasteiger partial charge in [-0.2, -0.15) is 0 Å². The molecule has 1 saturated carbocycles. The monoisotopic (exact) mass is 375 g/mol. The third-order valence-electron chi connectivity index (χ3n) is 6.11. The van der Waals surface area contributed by atoms with E-state index in [-0.39, 0.29) is 16.7 Å². The molecule has 0 bridgehead atoms. The molecule has 0 radical (unpaired) electrons. The van der Waals surface area contributed by atoms with Gasteiger partial charge in [0.2, 0.25) is 12.7 Å². The summed E-state index contributed by atoms with van der Waals surface area (Å²) in [5.74, 6) is 1.72. The Labute approximate surface area is 165 Å². The van der Waals surface area contributed by atoms with Gasteiger partial charge >= 0.3 is 0 Å². The van der Waals surface area contributed by atoms with Gasteiger partial charge in [-0.15, -0.1) is 0 Å². The molecule has 2 heterocycles. The molecule has 1 aliphatic heterocycles. The van der Waals surface area contributed by atoms with Crippen molar-refractivity contribution in [1.29, 1.82) is 0 Å². The van der Waals surface area contributed by atoms with Crippen molar-refractivity contribution >= 4 is 16.8 Å². The summed E-state index contributed by atoms with van der Waals surface area (Å²) in [4.78, 5) is 12.3. The summed E-state index contributed by atoms with van der Waals surface area (Å²) in [5, 5.41) is 1.13. The minimum Gasteiger partial charge on any atom is -0.454 e. The van der Waals surface area contributed by atoms with Gasteiger partial charge in [-0.3, -0.25) is 9.36 Å². The third-order valence-corrected chi connectivity index (χ3v) is 6.11. The average Bonchev–Trinajstić information content (AvgIpc) is 3.14. The van der Waals surface area contributed by atoms with Gasteiger partial charge in [0, 0.05) is 28.8 Å². The number of hydrogen-bond donors (Lipinski definition) is 0. The van der Waals surface area contributed by atoms with E-state index in [1.54, 1.807) is 6.92 Å². The predicted octanol–water partition coefficient (Wildman–Crippen LogP) is 5.41. The van der Waals surface area contributed by atoms with Crippen LogP contribution in [0.25, 0.3) is 10.9 Å². The molecular formula is C24H25NO3. The van der Waals surface area contributed by atoms with Crippen LogP contribution in [-0.2, 0) is 10.8 Å². The van der Waals surface area contributed by atoms with Crippen LogP contribution in [0.3, 0.4) is 0 Å². The Balaban J connectivity index is 1.63. The Hall–Kier alpha value is -2.75. The van der Waals surface area contributed by atoms with Crippen molar-refractivity contribution in [2.75, 3.05) is 6.79 Å². The van der Waals surface area contributed by atoms with Crippen LogP contribution in [0.1, 0.15) is 62.2 Å². The Kier molecular flexibility index (Phi) is 3.49. The van der Waals surface area contributed by atoms with Crippen LogP contribution in [0, 0.1) is 0 Å². The second kappa shape index (κ2) is 5.63. The molecule has 4 nitrogen and oxygen atoms in total. The van der Waals surface area contributed by atoms with E-state index in [2.05, 4.69) is 57.2 Å². The lowest BCUT2D eigenvalue weighted by molar-refractivity contribution is 0.0935. The predicted molar refractivity (Wildman–Crippen MR) is 110 cm³/mol. The molecule has 3 aromatic rings. The van der Waals surface area contributed by atoms with E-state index in [9.17, 15) is 4.79 Å². The van der Waals surface area contributed by atoms with Crippen LogP contribution in [0.15, 0.2) is 42.5 Å². The molecule has 1 aromatic heterocycles. The van der Waals surface area contributed by atoms with Crippen molar-refractivity contribution in [2.24, 2.45) is 0 Å². The summed E-state index contributed by atoms with van der Waals surface area (Å²) >= 11 is 0. The summed E-state index contributed by atoms with van der Waals surface area (Å²) in [7, 11) is 0. The molecule has 1 aliphatic carbocycles. The van der Waals surface area contributed by atoms with E-state index in [1.807, 2.05) is 10.6 Å². The SMILES string of the molecule is CC(=O)n1c(C(C)(C)C)cc2cc(C3(c4ccc5c(c4)OCO5)CC3)ccc21. The topological polar surface area (TPSA) is 40.5 Å². The van der Waals surface area contributed by atoms with Crippen LogP contribution >= 0.6 is 0 Å². The van der Waals surface area contributed by atoms with Gasteiger partial charge in [-0.1, -0.05) is 32.9 Å². The van der Waals surface area contributed by atoms with Crippen molar-refractivity contribution in [3.05, 3.63) is 59.3 Å². The minimum atomic E-state index is -0.0978. The second-order valence-electron chi connectivity index (χ2n) is 9.06. The van der Waals surface area contributed by atoms with Gasteiger partial charge in [0.25, 0.3) is 0 Å². The van der Waals surface area contributed by atoms with Gasteiger partial charge in [-0.25, -0.2) is 0 Å². The molecule has 0 amide bonds. The summed E-state index contributed by atoms with van der Waals surface area (Å²) in [6, 6.07) is 15.0. The number of carbonyl (C=O) groups excluding carboxylic acids is 1. The highest BCUT2D eigenvalue weighted by Gasteiger charge is 2.46. The molecule has 1 fully saturated rings. The van der Waals surface area contributed by atoms with Crippen LogP contribution in [0.2, 0.25) is 0 Å². The number of fused-ring (bicyclic) bond motifs is 2. The van der Waals surface area contributed by atoms with E-state index in [1.165, 1.54) is 11.1 Å². The summed E-state index contributed by atoms with van der Waals surface area (Å²) in [5.41, 5.74) is 4.57. The average molecular weight is 375 g/mol. The number of nitrogens with zero attached hydrogens (tertiary/aromatic N) is 1. The van der Waals surface area contributed by atoms with Gasteiger partial charge < -0.3 is 9.47 Å². The van der Waals surface area contributed by atoms with Gasteiger partial charge in [0.05, 0.1) is 5.52 Å². The first-order chi connectivity index (χ1) is 13.3. The minimum absolute atomic E-state index is 0.0371. The molecule has 144 valence electrons. The molecule has 5 rings (SSSR count).